The third-order valence-corrected chi connectivity index (χ3v) is 9.49. The third kappa shape index (κ3) is 2.87. The first-order valence-corrected chi connectivity index (χ1v) is 12.8. The van der Waals surface area contributed by atoms with Gasteiger partial charge in [-0.15, -0.1) is 0 Å². The van der Waals surface area contributed by atoms with Gasteiger partial charge >= 0.3 is 5.97 Å². The molecule has 0 aromatic carbocycles. The average Bonchev–Trinajstić information content (AvgIpc) is 3.43. The van der Waals surface area contributed by atoms with Gasteiger partial charge in [0.15, 0.2) is 0 Å². The molecule has 1 heterocycles. The van der Waals surface area contributed by atoms with Gasteiger partial charge in [0.2, 0.25) is 0 Å². The lowest BCUT2D eigenvalue weighted by Crippen LogP contribution is -2.53. The molecule has 3 nitrogen and oxygen atoms in total. The minimum Gasteiger partial charge on any atom is -0.501 e. The topological polar surface area (TPSA) is 35.5 Å². The molecule has 0 N–H and O–H groups in total. The summed E-state index contributed by atoms with van der Waals surface area (Å²) in [6.45, 7) is 12.9. The zero-order valence-corrected chi connectivity index (χ0v) is 20.7. The van der Waals surface area contributed by atoms with E-state index in [2.05, 4.69) is 32.1 Å². The van der Waals surface area contributed by atoms with Crippen LogP contribution in [-0.4, -0.2) is 18.7 Å². The van der Waals surface area contributed by atoms with Crippen LogP contribution >= 0.6 is 0 Å². The lowest BCUT2D eigenvalue weighted by atomic mass is 9.50. The van der Waals surface area contributed by atoms with E-state index in [1.165, 1.54) is 12.0 Å². The molecule has 7 atom stereocenters. The van der Waals surface area contributed by atoms with E-state index < -0.39 is 0 Å². The average molecular weight is 427 g/mol. The molecule has 172 valence electrons. The fourth-order valence-electron chi connectivity index (χ4n) is 8.14. The summed E-state index contributed by atoms with van der Waals surface area (Å²) in [7, 11) is 1.79. The molecule has 5 aliphatic carbocycles. The number of esters is 1. The van der Waals surface area contributed by atoms with Crippen LogP contribution in [-0.2, 0) is 14.3 Å². The van der Waals surface area contributed by atoms with Crippen LogP contribution in [0.2, 0.25) is 0 Å². The van der Waals surface area contributed by atoms with Crippen LogP contribution in [0.1, 0.15) is 86.5 Å². The van der Waals surface area contributed by atoms with E-state index >= 15 is 0 Å². The molecule has 0 aromatic rings. The molecular weight excluding hydrogens is 384 g/mol. The maximum Gasteiger partial charge on any atom is 0.306 e. The van der Waals surface area contributed by atoms with Crippen LogP contribution in [0, 0.1) is 34.5 Å². The highest BCUT2D eigenvalue weighted by Crippen LogP contribution is 2.78. The molecule has 0 amide bonds. The standard InChI is InChI=1S/C24H30O3.2C2H6/c1-22-9-6-15(26-3)12-14(22)4-5-16-18(22)7-10-23(2)21(16)17-13-19(17)24(23)11-8-20(25)27-24;2*1-2/h4,7,12,16-17,19,21H,5-6,8-11,13H2,1-3H3;2*1-2H3/t16?,17?,19?,21?,22?,23?,24-;;/m0../s1. The van der Waals surface area contributed by atoms with Crippen LogP contribution in [0.3, 0.4) is 0 Å². The van der Waals surface area contributed by atoms with Gasteiger partial charge in [0.1, 0.15) is 5.60 Å². The predicted octanol–water partition coefficient (Wildman–Crippen LogP) is 6.99. The van der Waals surface area contributed by atoms with Crippen molar-refractivity contribution >= 4 is 5.97 Å². The maximum atomic E-state index is 12.1. The number of rotatable bonds is 1. The second kappa shape index (κ2) is 7.81. The van der Waals surface area contributed by atoms with Crippen LogP contribution in [0.5, 0.6) is 0 Å². The quantitative estimate of drug-likeness (QED) is 0.335. The van der Waals surface area contributed by atoms with Gasteiger partial charge in [0, 0.05) is 29.6 Å². The van der Waals surface area contributed by atoms with Gasteiger partial charge in [-0.2, -0.15) is 0 Å². The van der Waals surface area contributed by atoms with E-state index in [9.17, 15) is 4.79 Å². The van der Waals surface area contributed by atoms with Gasteiger partial charge < -0.3 is 9.47 Å². The zero-order valence-electron chi connectivity index (χ0n) is 20.7. The molecule has 6 aliphatic rings. The Balaban J connectivity index is 0.000000549. The predicted molar refractivity (Wildman–Crippen MR) is 125 cm³/mol. The van der Waals surface area contributed by atoms with Gasteiger partial charge in [-0.25, -0.2) is 0 Å². The number of allylic oxidation sites excluding steroid dienone is 6. The van der Waals surface area contributed by atoms with Crippen molar-refractivity contribution in [2.45, 2.75) is 92.1 Å². The first-order valence-electron chi connectivity index (χ1n) is 12.8. The van der Waals surface area contributed by atoms with Gasteiger partial charge in [0.05, 0.1) is 12.9 Å². The van der Waals surface area contributed by atoms with E-state index in [4.69, 9.17) is 9.47 Å². The minimum atomic E-state index is -0.165. The Morgan fingerprint density at radius 1 is 1.06 bits per heavy atom. The summed E-state index contributed by atoms with van der Waals surface area (Å²) in [6.07, 6.45) is 14.6. The Morgan fingerprint density at radius 3 is 2.45 bits per heavy atom. The summed E-state index contributed by atoms with van der Waals surface area (Å²) >= 11 is 0. The van der Waals surface area contributed by atoms with Crippen LogP contribution < -0.4 is 0 Å². The SMILES string of the molecule is CC.CC.COC1=CC2=CCC3C(=CCC4(C)C3C3CC3[C@@]43CCC(=O)O3)C2(C)CC1. The van der Waals surface area contributed by atoms with Crippen molar-refractivity contribution in [1.82, 2.24) is 0 Å². The van der Waals surface area contributed by atoms with E-state index in [-0.39, 0.29) is 22.4 Å². The molecule has 0 bridgehead atoms. The van der Waals surface area contributed by atoms with Gasteiger partial charge in [-0.1, -0.05) is 59.3 Å². The largest absolute Gasteiger partial charge is 0.501 e. The van der Waals surface area contributed by atoms with Crippen molar-refractivity contribution in [2.75, 3.05) is 7.11 Å². The number of hydrogen-bond donors (Lipinski definition) is 0. The molecule has 31 heavy (non-hydrogen) atoms. The molecule has 6 rings (SSSR count). The molecule has 1 spiro atoms. The highest BCUT2D eigenvalue weighted by molar-refractivity contribution is 5.73. The van der Waals surface area contributed by atoms with Crippen molar-refractivity contribution in [3.63, 3.8) is 0 Å². The summed E-state index contributed by atoms with van der Waals surface area (Å²) in [4.78, 5) is 12.1. The molecule has 0 radical (unpaired) electrons. The van der Waals surface area contributed by atoms with Gasteiger partial charge in [-0.05, 0) is 61.5 Å². The van der Waals surface area contributed by atoms with E-state index in [1.54, 1.807) is 12.7 Å². The summed E-state index contributed by atoms with van der Waals surface area (Å²) in [5.41, 5.74) is 3.27. The van der Waals surface area contributed by atoms with E-state index in [0.29, 0.717) is 24.2 Å². The number of carbonyl (C=O) groups excluding carboxylic acids is 1. The van der Waals surface area contributed by atoms with Crippen molar-refractivity contribution in [2.24, 2.45) is 34.5 Å². The number of fused-ring (bicyclic) bond motifs is 9. The van der Waals surface area contributed by atoms with Crippen molar-refractivity contribution in [1.29, 1.82) is 0 Å². The molecule has 3 heteroatoms. The highest BCUT2D eigenvalue weighted by atomic mass is 16.6. The second-order valence-electron chi connectivity index (χ2n) is 10.3. The van der Waals surface area contributed by atoms with E-state index in [0.717, 1.165) is 43.8 Å². The molecular formula is C28H42O3. The third-order valence-electron chi connectivity index (χ3n) is 9.49. The van der Waals surface area contributed by atoms with E-state index in [1.807, 2.05) is 27.7 Å². The normalized spacial score (nSPS) is 45.6. The first kappa shape index (κ1) is 22.7. The van der Waals surface area contributed by atoms with Crippen molar-refractivity contribution in [3.8, 4) is 0 Å². The monoisotopic (exact) mass is 426 g/mol. The van der Waals surface area contributed by atoms with Gasteiger partial charge in [-0.3, -0.25) is 4.79 Å². The molecule has 1 aliphatic heterocycles. The smallest absolute Gasteiger partial charge is 0.306 e. The van der Waals surface area contributed by atoms with Crippen LogP contribution in [0.15, 0.2) is 35.1 Å². The Bertz CT molecular complexity index is 835. The second-order valence-corrected chi connectivity index (χ2v) is 10.3. The number of methoxy groups -OCH3 is 1. The maximum absolute atomic E-state index is 12.1. The summed E-state index contributed by atoms with van der Waals surface area (Å²) in [5.74, 6) is 3.86. The number of carbonyl (C=O) groups is 1. The highest BCUT2D eigenvalue weighted by Gasteiger charge is 2.78. The van der Waals surface area contributed by atoms with Crippen molar-refractivity contribution < 1.29 is 14.3 Å². The molecule has 0 aromatic heterocycles. The first-order chi connectivity index (χ1) is 14.9. The molecule has 3 fully saturated rings. The Hall–Kier alpha value is -1.51. The van der Waals surface area contributed by atoms with Crippen LogP contribution in [0.4, 0.5) is 0 Å². The fraction of sp³-hybridized carbons (Fsp3) is 0.750. The van der Waals surface area contributed by atoms with Gasteiger partial charge in [0.25, 0.3) is 0 Å². The summed E-state index contributed by atoms with van der Waals surface area (Å²) in [6, 6.07) is 0. The lowest BCUT2D eigenvalue weighted by Gasteiger charge is -2.55. The molecule has 2 saturated carbocycles. The molecule has 6 unspecified atom stereocenters. The van der Waals surface area contributed by atoms with Crippen molar-refractivity contribution in [3.05, 3.63) is 35.1 Å². The van der Waals surface area contributed by atoms with Crippen LogP contribution in [0.25, 0.3) is 0 Å². The minimum absolute atomic E-state index is 0.0413. The summed E-state index contributed by atoms with van der Waals surface area (Å²) < 4.78 is 11.7. The molecule has 1 saturated heterocycles. The lowest BCUT2D eigenvalue weighted by molar-refractivity contribution is -0.165. The Morgan fingerprint density at radius 2 is 1.81 bits per heavy atom. The fourth-order valence-corrected chi connectivity index (χ4v) is 8.14. The zero-order chi connectivity index (χ0) is 22.6. The summed E-state index contributed by atoms with van der Waals surface area (Å²) in [5, 5.41) is 0. The Kier molecular flexibility index (Phi) is 5.72. The Labute approximate surface area is 189 Å². The number of ether oxygens (including phenoxy) is 2. The number of hydrogen-bond acceptors (Lipinski definition) is 3.